The van der Waals surface area contributed by atoms with E-state index in [-0.39, 0.29) is 95.3 Å². The van der Waals surface area contributed by atoms with Crippen molar-refractivity contribution in [2.75, 3.05) is 0 Å². The molecule has 0 heterocycles. The molecule has 3 radical (unpaired) electrons. The molecule has 0 aromatic rings. The first-order chi connectivity index (χ1) is 2.00. The van der Waals surface area contributed by atoms with Gasteiger partial charge in [0, 0.05) is 18.6 Å². The van der Waals surface area contributed by atoms with Crippen molar-refractivity contribution in [2.45, 2.75) is 0 Å². The molecule has 8 heavy (non-hydrogen) atoms. The molecule has 0 unspecified atom stereocenters. The molecule has 0 fully saturated rings. The Balaban J connectivity index is -0.0000000133. The SMILES string of the molecule is O=P(O)(O)O.[H-].[K+].[SnH2].[V]. The van der Waals surface area contributed by atoms with E-state index in [0.29, 0.717) is 0 Å². The van der Waals surface area contributed by atoms with Crippen molar-refractivity contribution >= 4 is 31.7 Å². The predicted octanol–water partition coefficient (Wildman–Crippen LogP) is -4.73. The summed E-state index contributed by atoms with van der Waals surface area (Å²) in [7, 11) is -4.64. The van der Waals surface area contributed by atoms with E-state index in [1.54, 1.807) is 0 Å². The third kappa shape index (κ3) is 61.6. The molecule has 0 bridgehead atoms. The van der Waals surface area contributed by atoms with E-state index >= 15 is 0 Å². The normalized spacial score (nSPS) is 7.38. The quantitative estimate of drug-likeness (QED) is 0.310. The molecule has 0 saturated heterocycles. The van der Waals surface area contributed by atoms with E-state index in [0.717, 1.165) is 0 Å². The van der Waals surface area contributed by atoms with Crippen LogP contribution >= 0.6 is 7.82 Å². The minimum Gasteiger partial charge on any atom is 0 e. The standard InChI is InChI=1S/K.H3O4P.Sn.V.3H/c;1-5(2,3)4;;;;;/h;(H3,1,2,3,4);;;;;/q+1;;;;;;-1. The average Bonchev–Trinajstić information content (AvgIpc) is 0.722. The van der Waals surface area contributed by atoms with Gasteiger partial charge in [0.2, 0.25) is 0 Å². The van der Waals surface area contributed by atoms with Gasteiger partial charge >= 0.3 is 83.1 Å². The van der Waals surface area contributed by atoms with Crippen LogP contribution in [0.1, 0.15) is 1.43 Å². The molecule has 0 aliphatic carbocycles. The van der Waals surface area contributed by atoms with E-state index in [1.807, 2.05) is 0 Å². The van der Waals surface area contributed by atoms with Crippen LogP contribution in [0.5, 0.6) is 0 Å². The van der Waals surface area contributed by atoms with Crippen molar-refractivity contribution < 1.29 is 90.6 Å². The third-order valence-corrected chi connectivity index (χ3v) is 0. The molecule has 0 aromatic heterocycles. The maximum absolute atomic E-state index is 8.88. The summed E-state index contributed by atoms with van der Waals surface area (Å²) in [6.45, 7) is 0. The monoisotopic (exact) mass is 311 g/mol. The first-order valence-corrected chi connectivity index (χ1v) is 2.35. The Labute approximate surface area is 120 Å². The molecule has 8 heteroatoms. The second-order valence-corrected chi connectivity index (χ2v) is 1.54. The largest absolute Gasteiger partial charge is 0 e. The first kappa shape index (κ1) is 22.5. The topological polar surface area (TPSA) is 77.8 Å². The Morgan fingerprint density at radius 3 is 1.25 bits per heavy atom. The Hall–Kier alpha value is 3.13. The average molecular weight is 310 g/mol. The number of hydrogen-bond acceptors (Lipinski definition) is 1. The maximum Gasteiger partial charge on any atom is 0 e. The molecule has 4 nitrogen and oxygen atoms in total. The fraction of sp³-hybridized carbons (Fsp3) is 0. The van der Waals surface area contributed by atoms with Crippen molar-refractivity contribution in [1.29, 1.82) is 0 Å². The van der Waals surface area contributed by atoms with Gasteiger partial charge in [0.25, 0.3) is 0 Å². The zero-order valence-electron chi connectivity index (χ0n) is 5.35. The van der Waals surface area contributed by atoms with Crippen molar-refractivity contribution in [1.82, 2.24) is 0 Å². The van der Waals surface area contributed by atoms with Gasteiger partial charge in [-0.2, -0.15) is 0 Å². The maximum atomic E-state index is 8.88. The van der Waals surface area contributed by atoms with E-state index < -0.39 is 7.82 Å². The molecule has 0 saturated carbocycles. The summed E-state index contributed by atoms with van der Waals surface area (Å²) in [4.78, 5) is 21.6. The summed E-state index contributed by atoms with van der Waals surface area (Å²) >= 11 is 0. The van der Waals surface area contributed by atoms with Crippen molar-refractivity contribution in [3.63, 3.8) is 0 Å². The molecule has 0 spiro atoms. The van der Waals surface area contributed by atoms with Crippen molar-refractivity contribution in [2.24, 2.45) is 0 Å². The number of rotatable bonds is 0. The zero-order chi connectivity index (χ0) is 4.50. The van der Waals surface area contributed by atoms with Crippen LogP contribution in [0.25, 0.3) is 0 Å². The fourth-order valence-electron chi connectivity index (χ4n) is 0. The predicted molar refractivity (Wildman–Crippen MR) is 23.9 cm³/mol. The van der Waals surface area contributed by atoms with E-state index in [1.165, 1.54) is 0 Å². The van der Waals surface area contributed by atoms with Gasteiger partial charge in [-0.25, -0.2) is 4.57 Å². The number of hydrogen-bond donors (Lipinski definition) is 3. The minimum atomic E-state index is -4.64. The molecule has 3 N–H and O–H groups in total. The fourth-order valence-corrected chi connectivity index (χ4v) is 0. The van der Waals surface area contributed by atoms with Crippen LogP contribution in [0.2, 0.25) is 0 Å². The zero-order valence-corrected chi connectivity index (χ0v) is 13.8. The van der Waals surface area contributed by atoms with Crippen LogP contribution in [0, 0.1) is 0 Å². The summed E-state index contributed by atoms with van der Waals surface area (Å²) in [5, 5.41) is 0. The van der Waals surface area contributed by atoms with Gasteiger partial charge < -0.3 is 16.1 Å². The van der Waals surface area contributed by atoms with Crippen LogP contribution in [0.15, 0.2) is 0 Å². The van der Waals surface area contributed by atoms with Crippen LogP contribution < -0.4 is 51.4 Å². The van der Waals surface area contributed by atoms with Crippen LogP contribution in [-0.2, 0) is 23.1 Å². The van der Waals surface area contributed by atoms with Crippen LogP contribution in [0.3, 0.4) is 0 Å². The summed E-state index contributed by atoms with van der Waals surface area (Å²) in [5.41, 5.74) is 0. The molecule has 0 aliphatic heterocycles. The van der Waals surface area contributed by atoms with E-state index in [4.69, 9.17) is 19.2 Å². The van der Waals surface area contributed by atoms with E-state index in [9.17, 15) is 0 Å². The Morgan fingerprint density at radius 2 is 1.25 bits per heavy atom. The van der Waals surface area contributed by atoms with Gasteiger partial charge in [0.05, 0.1) is 0 Å². The number of phosphoric acid groups is 1. The molecular formula is H6KO4PSnV. The van der Waals surface area contributed by atoms with Gasteiger partial charge in [-0.15, -0.1) is 0 Å². The van der Waals surface area contributed by atoms with Crippen molar-refractivity contribution in [3.05, 3.63) is 0 Å². The minimum absolute atomic E-state index is 0. The van der Waals surface area contributed by atoms with Gasteiger partial charge in [0.1, 0.15) is 0 Å². The van der Waals surface area contributed by atoms with Gasteiger partial charge in [0.15, 0.2) is 0 Å². The molecule has 0 aliphatic rings. The summed E-state index contributed by atoms with van der Waals surface area (Å²) < 4.78 is 8.88. The van der Waals surface area contributed by atoms with Crippen LogP contribution in [-0.4, -0.2) is 38.6 Å². The second kappa shape index (κ2) is 10.1. The Kier molecular flexibility index (Phi) is 28.4. The molecule has 0 amide bonds. The molecule has 45 valence electrons. The third-order valence-electron chi connectivity index (χ3n) is 0. The molecule has 0 aromatic carbocycles. The molecular weight excluding hydrogens is 304 g/mol. The second-order valence-electron chi connectivity index (χ2n) is 0.513. The van der Waals surface area contributed by atoms with Crippen LogP contribution in [0.4, 0.5) is 0 Å². The van der Waals surface area contributed by atoms with E-state index in [2.05, 4.69) is 0 Å². The Bertz CT molecular complexity index is 66.7. The first-order valence-electron chi connectivity index (χ1n) is 0.783. The summed E-state index contributed by atoms with van der Waals surface area (Å²) in [5.74, 6) is 0. The van der Waals surface area contributed by atoms with Crippen molar-refractivity contribution in [3.8, 4) is 0 Å². The summed E-state index contributed by atoms with van der Waals surface area (Å²) in [6.07, 6.45) is 0. The van der Waals surface area contributed by atoms with Gasteiger partial charge in [-0.3, -0.25) is 0 Å². The molecule has 0 rings (SSSR count). The molecule has 0 atom stereocenters. The van der Waals surface area contributed by atoms with Gasteiger partial charge in [-0.1, -0.05) is 0 Å². The smallest absolute Gasteiger partial charge is 0 e. The Morgan fingerprint density at radius 1 is 1.25 bits per heavy atom. The summed E-state index contributed by atoms with van der Waals surface area (Å²) in [6, 6.07) is 0. The van der Waals surface area contributed by atoms with Gasteiger partial charge in [-0.05, 0) is 0 Å².